The van der Waals surface area contributed by atoms with Gasteiger partial charge in [0.2, 0.25) is 0 Å². The van der Waals surface area contributed by atoms with Crippen LogP contribution in [0, 0.1) is 11.3 Å². The molecule has 5 heteroatoms. The maximum Gasteiger partial charge on any atom is 0.189 e. The normalized spacial score (nSPS) is 23.5. The molecule has 0 bridgehead atoms. The maximum absolute atomic E-state index is 13.1. The van der Waals surface area contributed by atoms with Gasteiger partial charge in [0, 0.05) is 12.6 Å². The first kappa shape index (κ1) is 14.7. The van der Waals surface area contributed by atoms with E-state index < -0.39 is 0 Å². The van der Waals surface area contributed by atoms with E-state index in [1.54, 1.807) is 6.20 Å². The SMILES string of the molecule is CC(C)n1ncc(Br)c1C(=O)C1(C(C)C)CCNC1. The van der Waals surface area contributed by atoms with Gasteiger partial charge in [-0.3, -0.25) is 9.48 Å². The zero-order valence-corrected chi connectivity index (χ0v) is 13.6. The molecule has 1 aliphatic rings. The second-order valence-corrected chi connectivity index (χ2v) is 6.80. The van der Waals surface area contributed by atoms with E-state index in [-0.39, 0.29) is 17.2 Å². The number of nitrogens with zero attached hydrogens (tertiary/aromatic N) is 2. The first-order valence-corrected chi connectivity index (χ1v) is 7.68. The molecule has 0 radical (unpaired) electrons. The van der Waals surface area contributed by atoms with Crippen molar-refractivity contribution in [3.8, 4) is 0 Å². The summed E-state index contributed by atoms with van der Waals surface area (Å²) < 4.78 is 2.63. The lowest BCUT2D eigenvalue weighted by molar-refractivity contribution is 0.0724. The molecule has 0 amide bonds. The molecule has 2 heterocycles. The van der Waals surface area contributed by atoms with Gasteiger partial charge in [-0.15, -0.1) is 0 Å². The molecular formula is C14H22BrN3O. The molecule has 1 fully saturated rings. The quantitative estimate of drug-likeness (QED) is 0.864. The third-order valence-electron chi connectivity index (χ3n) is 4.20. The molecular weight excluding hydrogens is 306 g/mol. The van der Waals surface area contributed by atoms with Crippen LogP contribution in [0.2, 0.25) is 0 Å². The molecule has 1 aliphatic heterocycles. The van der Waals surface area contributed by atoms with Crippen LogP contribution in [-0.2, 0) is 0 Å². The Bertz CT molecular complexity index is 473. The van der Waals surface area contributed by atoms with Crippen LogP contribution in [0.4, 0.5) is 0 Å². The summed E-state index contributed by atoms with van der Waals surface area (Å²) in [5.74, 6) is 0.531. The number of carbonyl (C=O) groups excluding carboxylic acids is 1. The predicted molar refractivity (Wildman–Crippen MR) is 79.4 cm³/mol. The Morgan fingerprint density at radius 3 is 2.63 bits per heavy atom. The number of hydrogen-bond acceptors (Lipinski definition) is 3. The average molecular weight is 328 g/mol. The number of aromatic nitrogens is 2. The number of hydrogen-bond donors (Lipinski definition) is 1. The van der Waals surface area contributed by atoms with Gasteiger partial charge < -0.3 is 5.32 Å². The fourth-order valence-corrected chi connectivity index (χ4v) is 3.29. The summed E-state index contributed by atoms with van der Waals surface area (Å²) in [6.45, 7) is 10.0. The Hall–Kier alpha value is -0.680. The highest BCUT2D eigenvalue weighted by atomic mass is 79.9. The smallest absolute Gasteiger partial charge is 0.189 e. The number of Topliss-reactive ketones (excluding diaryl/α,β-unsaturated/α-hetero) is 1. The van der Waals surface area contributed by atoms with Crippen molar-refractivity contribution in [2.75, 3.05) is 13.1 Å². The van der Waals surface area contributed by atoms with Crippen molar-refractivity contribution in [2.45, 2.75) is 40.2 Å². The molecule has 19 heavy (non-hydrogen) atoms. The van der Waals surface area contributed by atoms with Crippen LogP contribution in [0.5, 0.6) is 0 Å². The van der Waals surface area contributed by atoms with Gasteiger partial charge in [-0.2, -0.15) is 5.10 Å². The lowest BCUT2D eigenvalue weighted by Gasteiger charge is -2.31. The average Bonchev–Trinajstić information content (AvgIpc) is 2.94. The predicted octanol–water partition coefficient (Wildman–Crippen LogP) is 3.04. The van der Waals surface area contributed by atoms with Crippen molar-refractivity contribution in [1.82, 2.24) is 15.1 Å². The Morgan fingerprint density at radius 1 is 1.47 bits per heavy atom. The third kappa shape index (κ3) is 2.38. The lowest BCUT2D eigenvalue weighted by atomic mass is 9.72. The number of ketones is 1. The van der Waals surface area contributed by atoms with Crippen molar-refractivity contribution in [3.63, 3.8) is 0 Å². The molecule has 0 aliphatic carbocycles. The van der Waals surface area contributed by atoms with Crippen LogP contribution in [0.25, 0.3) is 0 Å². The Morgan fingerprint density at radius 2 is 2.16 bits per heavy atom. The monoisotopic (exact) mass is 327 g/mol. The minimum Gasteiger partial charge on any atom is -0.316 e. The molecule has 1 unspecified atom stereocenters. The van der Waals surface area contributed by atoms with Crippen molar-refractivity contribution in [1.29, 1.82) is 0 Å². The van der Waals surface area contributed by atoms with Gasteiger partial charge in [-0.05, 0) is 48.7 Å². The van der Waals surface area contributed by atoms with E-state index in [0.717, 1.165) is 24.0 Å². The molecule has 0 spiro atoms. The summed E-state index contributed by atoms with van der Waals surface area (Å²) in [6.07, 6.45) is 2.63. The van der Waals surface area contributed by atoms with Crippen LogP contribution >= 0.6 is 15.9 Å². The molecule has 0 aromatic carbocycles. The molecule has 1 N–H and O–H groups in total. The van der Waals surface area contributed by atoms with Crippen LogP contribution in [0.1, 0.15) is 50.6 Å². The van der Waals surface area contributed by atoms with Gasteiger partial charge in [-0.1, -0.05) is 13.8 Å². The minimum atomic E-state index is -0.296. The Kier molecular flexibility index (Phi) is 4.16. The van der Waals surface area contributed by atoms with Gasteiger partial charge in [0.1, 0.15) is 5.69 Å². The Balaban J connectivity index is 2.46. The molecule has 1 aromatic rings. The summed E-state index contributed by atoms with van der Waals surface area (Å²) >= 11 is 3.48. The second-order valence-electron chi connectivity index (χ2n) is 5.95. The summed E-state index contributed by atoms with van der Waals surface area (Å²) in [5, 5.41) is 7.67. The summed E-state index contributed by atoms with van der Waals surface area (Å²) in [6, 6.07) is 0.184. The van der Waals surface area contributed by atoms with Gasteiger partial charge >= 0.3 is 0 Å². The van der Waals surface area contributed by atoms with E-state index in [0.29, 0.717) is 11.6 Å². The number of carbonyl (C=O) groups is 1. The highest BCUT2D eigenvalue weighted by Gasteiger charge is 2.46. The molecule has 0 saturated carbocycles. The van der Waals surface area contributed by atoms with Crippen LogP contribution in [0.3, 0.4) is 0 Å². The van der Waals surface area contributed by atoms with Crippen LogP contribution in [0.15, 0.2) is 10.7 Å². The van der Waals surface area contributed by atoms with Crippen LogP contribution in [-0.4, -0.2) is 28.7 Å². The molecule has 1 aromatic heterocycles. The zero-order chi connectivity index (χ0) is 14.2. The maximum atomic E-state index is 13.1. The number of rotatable bonds is 4. The molecule has 2 rings (SSSR count). The van der Waals surface area contributed by atoms with E-state index in [4.69, 9.17) is 0 Å². The molecule has 1 saturated heterocycles. The third-order valence-corrected chi connectivity index (χ3v) is 4.78. The van der Waals surface area contributed by atoms with Crippen molar-refractivity contribution in [3.05, 3.63) is 16.4 Å². The molecule has 1 atom stereocenters. The number of nitrogens with one attached hydrogen (secondary N) is 1. The fourth-order valence-electron chi connectivity index (χ4n) is 2.84. The van der Waals surface area contributed by atoms with Gasteiger partial charge in [0.15, 0.2) is 5.78 Å². The molecule has 4 nitrogen and oxygen atoms in total. The van der Waals surface area contributed by atoms with E-state index in [1.807, 2.05) is 18.5 Å². The van der Waals surface area contributed by atoms with Gasteiger partial charge in [-0.25, -0.2) is 0 Å². The second kappa shape index (κ2) is 5.37. The van der Waals surface area contributed by atoms with Crippen molar-refractivity contribution in [2.24, 2.45) is 11.3 Å². The minimum absolute atomic E-state index is 0.184. The highest BCUT2D eigenvalue weighted by molar-refractivity contribution is 9.10. The van der Waals surface area contributed by atoms with E-state index >= 15 is 0 Å². The van der Waals surface area contributed by atoms with Gasteiger partial charge in [0.25, 0.3) is 0 Å². The van der Waals surface area contributed by atoms with Crippen molar-refractivity contribution < 1.29 is 4.79 Å². The lowest BCUT2D eigenvalue weighted by Crippen LogP contribution is -2.40. The van der Waals surface area contributed by atoms with E-state index in [2.05, 4.69) is 40.2 Å². The summed E-state index contributed by atoms with van der Waals surface area (Å²) in [7, 11) is 0. The van der Waals surface area contributed by atoms with Crippen molar-refractivity contribution >= 4 is 21.7 Å². The van der Waals surface area contributed by atoms with Gasteiger partial charge in [0.05, 0.1) is 16.1 Å². The number of halogens is 1. The summed E-state index contributed by atoms with van der Waals surface area (Å²) in [4.78, 5) is 13.1. The standard InChI is InChI=1S/C14H22BrN3O/c1-9(2)14(5-6-16-8-14)13(19)12-11(15)7-17-18(12)10(3)4/h7,9-10,16H,5-6,8H2,1-4H3. The zero-order valence-electron chi connectivity index (χ0n) is 12.0. The summed E-state index contributed by atoms with van der Waals surface area (Å²) in [5.41, 5.74) is 0.419. The van der Waals surface area contributed by atoms with E-state index in [1.165, 1.54) is 0 Å². The van der Waals surface area contributed by atoms with E-state index in [9.17, 15) is 4.79 Å². The van der Waals surface area contributed by atoms with Crippen LogP contribution < -0.4 is 5.32 Å². The first-order valence-electron chi connectivity index (χ1n) is 6.88. The Labute approximate surface area is 123 Å². The molecule has 106 valence electrons. The topological polar surface area (TPSA) is 46.9 Å². The largest absolute Gasteiger partial charge is 0.316 e. The highest BCUT2D eigenvalue weighted by Crippen LogP contribution is 2.39. The fraction of sp³-hybridized carbons (Fsp3) is 0.714. The first-order chi connectivity index (χ1) is 8.90.